The summed E-state index contributed by atoms with van der Waals surface area (Å²) in [7, 11) is 0. The maximum Gasteiger partial charge on any atom is 0.427 e. The Bertz CT molecular complexity index is 407. The Hall–Kier alpha value is -1.75. The Labute approximate surface area is 97.7 Å². The lowest BCUT2D eigenvalue weighted by atomic mass is 10.2. The number of carbonyl (C=O) groups excluding carboxylic acids is 1. The number of hydrogen-bond acceptors (Lipinski definition) is 4. The number of aromatic hydroxyl groups is 1. The molecule has 0 fully saturated rings. The lowest BCUT2D eigenvalue weighted by Gasteiger charge is -2.00. The molecule has 1 rings (SSSR count). The predicted molar refractivity (Wildman–Crippen MR) is 60.9 cm³/mol. The zero-order valence-corrected chi connectivity index (χ0v) is 9.36. The van der Waals surface area contributed by atoms with E-state index in [1.165, 1.54) is 18.3 Å². The summed E-state index contributed by atoms with van der Waals surface area (Å²) < 4.78 is 4.58. The fourth-order valence-corrected chi connectivity index (χ4v) is 1.13. The van der Waals surface area contributed by atoms with Gasteiger partial charge in [-0.25, -0.2) is 10.2 Å². The number of hydrogen-bond donors (Lipinski definition) is 2. The molecule has 16 heavy (non-hydrogen) atoms. The molecule has 0 aliphatic carbocycles. The molecule has 0 radical (unpaired) electrons. The molecule has 1 aromatic rings. The van der Waals surface area contributed by atoms with E-state index in [-0.39, 0.29) is 12.4 Å². The standard InChI is InChI=1S/C10H11ClN2O3/c1-2-16-10(15)13-12-6-7-5-8(11)3-4-9(7)14/h3-6,14H,2H2,1H3,(H,13,15). The highest BCUT2D eigenvalue weighted by Crippen LogP contribution is 2.19. The van der Waals surface area contributed by atoms with Crippen LogP contribution < -0.4 is 5.43 Å². The van der Waals surface area contributed by atoms with Gasteiger partial charge in [0.15, 0.2) is 0 Å². The van der Waals surface area contributed by atoms with E-state index in [0.29, 0.717) is 10.6 Å². The van der Waals surface area contributed by atoms with Crippen molar-refractivity contribution >= 4 is 23.9 Å². The van der Waals surface area contributed by atoms with Gasteiger partial charge in [-0.2, -0.15) is 5.10 Å². The number of phenols is 1. The van der Waals surface area contributed by atoms with Gasteiger partial charge in [-0.3, -0.25) is 0 Å². The molecule has 0 heterocycles. The first-order valence-electron chi connectivity index (χ1n) is 4.58. The number of phenolic OH excluding ortho intramolecular Hbond substituents is 1. The molecule has 0 aliphatic heterocycles. The predicted octanol–water partition coefficient (Wildman–Crippen LogP) is 2.13. The Balaban J connectivity index is 2.62. The maximum absolute atomic E-state index is 10.8. The summed E-state index contributed by atoms with van der Waals surface area (Å²) >= 11 is 5.72. The van der Waals surface area contributed by atoms with Gasteiger partial charge in [-0.1, -0.05) is 11.6 Å². The second-order valence-electron chi connectivity index (χ2n) is 2.79. The SMILES string of the molecule is CCOC(=O)NN=Cc1cc(Cl)ccc1O. The minimum absolute atomic E-state index is 0.0267. The smallest absolute Gasteiger partial charge is 0.427 e. The van der Waals surface area contributed by atoms with Gasteiger partial charge in [0.25, 0.3) is 0 Å². The van der Waals surface area contributed by atoms with Crippen LogP contribution >= 0.6 is 11.6 Å². The van der Waals surface area contributed by atoms with E-state index in [1.807, 2.05) is 0 Å². The second kappa shape index (κ2) is 5.97. The summed E-state index contributed by atoms with van der Waals surface area (Å²) in [6.07, 6.45) is 0.623. The maximum atomic E-state index is 10.8. The minimum atomic E-state index is -0.653. The summed E-state index contributed by atoms with van der Waals surface area (Å²) in [5.41, 5.74) is 2.54. The van der Waals surface area contributed by atoms with Crippen LogP contribution in [0.1, 0.15) is 12.5 Å². The van der Waals surface area contributed by atoms with Crippen LogP contribution in [0.4, 0.5) is 4.79 Å². The number of nitrogens with zero attached hydrogens (tertiary/aromatic N) is 1. The van der Waals surface area contributed by atoms with Crippen molar-refractivity contribution in [2.75, 3.05) is 6.61 Å². The first-order valence-corrected chi connectivity index (χ1v) is 4.95. The number of amides is 1. The van der Waals surface area contributed by atoms with Crippen LogP contribution in [-0.4, -0.2) is 24.0 Å². The van der Waals surface area contributed by atoms with Crippen molar-refractivity contribution in [1.29, 1.82) is 0 Å². The van der Waals surface area contributed by atoms with E-state index < -0.39 is 6.09 Å². The number of halogens is 1. The number of nitrogens with one attached hydrogen (secondary N) is 1. The molecule has 0 bridgehead atoms. The first-order chi connectivity index (χ1) is 7.63. The lowest BCUT2D eigenvalue weighted by Crippen LogP contribution is -2.18. The summed E-state index contributed by atoms with van der Waals surface area (Å²) in [6, 6.07) is 4.51. The Morgan fingerprint density at radius 2 is 2.44 bits per heavy atom. The van der Waals surface area contributed by atoms with Crippen molar-refractivity contribution < 1.29 is 14.6 Å². The fourth-order valence-electron chi connectivity index (χ4n) is 0.947. The van der Waals surface area contributed by atoms with Crippen LogP contribution in [0.5, 0.6) is 5.75 Å². The van der Waals surface area contributed by atoms with Crippen LogP contribution in [0.2, 0.25) is 5.02 Å². The highest BCUT2D eigenvalue weighted by atomic mass is 35.5. The molecule has 6 heteroatoms. The molecule has 0 spiro atoms. The number of benzene rings is 1. The molecule has 0 saturated carbocycles. The van der Waals surface area contributed by atoms with Gasteiger partial charge in [-0.15, -0.1) is 0 Å². The first kappa shape index (κ1) is 12.3. The van der Waals surface area contributed by atoms with E-state index in [2.05, 4.69) is 15.3 Å². The van der Waals surface area contributed by atoms with E-state index in [4.69, 9.17) is 11.6 Å². The normalized spacial score (nSPS) is 10.4. The number of ether oxygens (including phenoxy) is 1. The van der Waals surface area contributed by atoms with Crippen molar-refractivity contribution in [2.45, 2.75) is 6.92 Å². The Morgan fingerprint density at radius 1 is 1.69 bits per heavy atom. The van der Waals surface area contributed by atoms with E-state index in [1.54, 1.807) is 13.0 Å². The minimum Gasteiger partial charge on any atom is -0.507 e. The van der Waals surface area contributed by atoms with Crippen molar-refractivity contribution in [3.05, 3.63) is 28.8 Å². The summed E-state index contributed by atoms with van der Waals surface area (Å²) in [6.45, 7) is 1.95. The third kappa shape index (κ3) is 3.78. The summed E-state index contributed by atoms with van der Waals surface area (Å²) in [5.74, 6) is 0.0267. The molecule has 1 aromatic carbocycles. The summed E-state index contributed by atoms with van der Waals surface area (Å²) in [4.78, 5) is 10.8. The van der Waals surface area contributed by atoms with Gasteiger partial charge < -0.3 is 9.84 Å². The van der Waals surface area contributed by atoms with Crippen molar-refractivity contribution in [3.63, 3.8) is 0 Å². The number of carbonyl (C=O) groups is 1. The molecule has 0 saturated heterocycles. The van der Waals surface area contributed by atoms with Crippen molar-refractivity contribution in [2.24, 2.45) is 5.10 Å². The third-order valence-electron chi connectivity index (χ3n) is 1.62. The molecule has 0 unspecified atom stereocenters. The van der Waals surface area contributed by atoms with E-state index >= 15 is 0 Å². The van der Waals surface area contributed by atoms with Crippen LogP contribution in [0.3, 0.4) is 0 Å². The average molecular weight is 243 g/mol. The highest BCUT2D eigenvalue weighted by Gasteiger charge is 2.00. The molecule has 2 N–H and O–H groups in total. The lowest BCUT2D eigenvalue weighted by molar-refractivity contribution is 0.152. The molecule has 86 valence electrons. The monoisotopic (exact) mass is 242 g/mol. The molecule has 5 nitrogen and oxygen atoms in total. The van der Waals surface area contributed by atoms with Crippen LogP contribution in [-0.2, 0) is 4.74 Å². The van der Waals surface area contributed by atoms with Crippen LogP contribution in [0, 0.1) is 0 Å². The molecule has 0 aliphatic rings. The van der Waals surface area contributed by atoms with Crippen molar-refractivity contribution in [3.8, 4) is 5.75 Å². The summed E-state index contributed by atoms with van der Waals surface area (Å²) in [5, 5.41) is 13.5. The number of rotatable bonds is 3. The van der Waals surface area contributed by atoms with Gasteiger partial charge >= 0.3 is 6.09 Å². The molecular weight excluding hydrogens is 232 g/mol. The van der Waals surface area contributed by atoms with Gasteiger partial charge in [0, 0.05) is 10.6 Å². The highest BCUT2D eigenvalue weighted by molar-refractivity contribution is 6.30. The molecule has 1 amide bonds. The van der Waals surface area contributed by atoms with Gasteiger partial charge in [0.1, 0.15) is 5.75 Å². The van der Waals surface area contributed by atoms with Gasteiger partial charge in [-0.05, 0) is 25.1 Å². The zero-order chi connectivity index (χ0) is 12.0. The van der Waals surface area contributed by atoms with E-state index in [9.17, 15) is 9.90 Å². The van der Waals surface area contributed by atoms with Crippen molar-refractivity contribution in [1.82, 2.24) is 5.43 Å². The quantitative estimate of drug-likeness (QED) is 0.630. The van der Waals surface area contributed by atoms with Gasteiger partial charge in [0.05, 0.1) is 12.8 Å². The Morgan fingerprint density at radius 3 is 3.12 bits per heavy atom. The zero-order valence-electron chi connectivity index (χ0n) is 8.61. The second-order valence-corrected chi connectivity index (χ2v) is 3.23. The van der Waals surface area contributed by atoms with E-state index in [0.717, 1.165) is 0 Å². The topological polar surface area (TPSA) is 70.9 Å². The number of hydrazone groups is 1. The molecule has 0 atom stereocenters. The van der Waals surface area contributed by atoms with Crippen LogP contribution in [0.25, 0.3) is 0 Å². The van der Waals surface area contributed by atoms with Crippen LogP contribution in [0.15, 0.2) is 23.3 Å². The largest absolute Gasteiger partial charge is 0.507 e. The third-order valence-corrected chi connectivity index (χ3v) is 1.86. The molecular formula is C10H11ClN2O3. The average Bonchev–Trinajstić information content (AvgIpc) is 2.23. The fraction of sp³-hybridized carbons (Fsp3) is 0.200. The molecule has 0 aromatic heterocycles. The van der Waals surface area contributed by atoms with Gasteiger partial charge in [0.2, 0.25) is 0 Å². The Kier molecular flexibility index (Phi) is 4.60.